The van der Waals surface area contributed by atoms with Gasteiger partial charge < -0.3 is 15.0 Å². The second-order valence-electron chi connectivity index (χ2n) is 5.70. The summed E-state index contributed by atoms with van der Waals surface area (Å²) in [5.74, 6) is 1.45. The van der Waals surface area contributed by atoms with Crippen LogP contribution in [-0.2, 0) is 0 Å². The molecule has 2 aromatic carbocycles. The molecule has 0 spiro atoms. The van der Waals surface area contributed by atoms with Crippen molar-refractivity contribution in [3.63, 3.8) is 0 Å². The Labute approximate surface area is 151 Å². The van der Waals surface area contributed by atoms with Gasteiger partial charge in [-0.05, 0) is 47.7 Å². The van der Waals surface area contributed by atoms with Crippen LogP contribution in [0.2, 0.25) is 0 Å². The number of rotatable bonds is 6. The molecule has 8 heteroatoms. The van der Waals surface area contributed by atoms with Crippen LogP contribution in [0.5, 0.6) is 5.75 Å². The number of urea groups is 1. The van der Waals surface area contributed by atoms with Crippen LogP contribution in [-0.4, -0.2) is 51.3 Å². The average molecular weight is 352 g/mol. The van der Waals surface area contributed by atoms with E-state index in [9.17, 15) is 4.79 Å². The number of aryl methyl sites for hydroxylation is 1. The first-order chi connectivity index (χ1) is 12.6. The zero-order valence-corrected chi connectivity index (χ0v) is 14.7. The van der Waals surface area contributed by atoms with Gasteiger partial charge in [-0.2, -0.15) is 4.68 Å². The smallest absolute Gasteiger partial charge is 0.321 e. The van der Waals surface area contributed by atoms with Crippen molar-refractivity contribution in [3.05, 3.63) is 60.4 Å². The maximum absolute atomic E-state index is 12.3. The molecule has 134 valence electrons. The summed E-state index contributed by atoms with van der Waals surface area (Å²) in [4.78, 5) is 13.9. The number of para-hydroxylation sites is 1. The largest absolute Gasteiger partial charge is 0.492 e. The van der Waals surface area contributed by atoms with Crippen molar-refractivity contribution in [3.8, 4) is 11.4 Å². The Morgan fingerprint density at radius 2 is 2.00 bits per heavy atom. The van der Waals surface area contributed by atoms with E-state index in [1.165, 1.54) is 0 Å². The molecule has 8 nitrogen and oxygen atoms in total. The quantitative estimate of drug-likeness (QED) is 0.737. The molecule has 2 amide bonds. The zero-order chi connectivity index (χ0) is 18.4. The lowest BCUT2D eigenvalue weighted by Gasteiger charge is -2.18. The van der Waals surface area contributed by atoms with E-state index in [-0.39, 0.29) is 6.03 Å². The zero-order valence-electron chi connectivity index (χ0n) is 14.7. The maximum Gasteiger partial charge on any atom is 0.321 e. The molecule has 26 heavy (non-hydrogen) atoms. The van der Waals surface area contributed by atoms with Crippen molar-refractivity contribution in [2.45, 2.75) is 6.92 Å². The topological polar surface area (TPSA) is 85.2 Å². The Balaban J connectivity index is 1.55. The van der Waals surface area contributed by atoms with E-state index in [0.29, 0.717) is 24.7 Å². The molecular formula is C18H20N6O2. The van der Waals surface area contributed by atoms with E-state index < -0.39 is 0 Å². The van der Waals surface area contributed by atoms with Crippen molar-refractivity contribution in [2.24, 2.45) is 0 Å². The van der Waals surface area contributed by atoms with E-state index in [2.05, 4.69) is 20.8 Å². The van der Waals surface area contributed by atoms with Crippen LogP contribution in [0.1, 0.15) is 5.82 Å². The van der Waals surface area contributed by atoms with Gasteiger partial charge in [-0.25, -0.2) is 4.79 Å². The van der Waals surface area contributed by atoms with Gasteiger partial charge in [0.2, 0.25) is 0 Å². The van der Waals surface area contributed by atoms with E-state index in [1.54, 1.807) is 16.6 Å². The molecule has 0 saturated carbocycles. The predicted octanol–water partition coefficient (Wildman–Crippen LogP) is 2.51. The summed E-state index contributed by atoms with van der Waals surface area (Å²) in [6.45, 7) is 2.69. The van der Waals surface area contributed by atoms with Gasteiger partial charge in [0.05, 0.1) is 12.2 Å². The predicted molar refractivity (Wildman–Crippen MR) is 97.5 cm³/mol. The lowest BCUT2D eigenvalue weighted by atomic mass is 10.3. The number of aromatic nitrogens is 4. The maximum atomic E-state index is 12.3. The van der Waals surface area contributed by atoms with Crippen LogP contribution in [0.3, 0.4) is 0 Å². The number of hydrogen-bond acceptors (Lipinski definition) is 5. The lowest BCUT2D eigenvalue weighted by molar-refractivity contribution is 0.207. The lowest BCUT2D eigenvalue weighted by Crippen LogP contribution is -2.34. The first-order valence-corrected chi connectivity index (χ1v) is 8.19. The number of anilines is 1. The number of ether oxygens (including phenoxy) is 1. The van der Waals surface area contributed by atoms with Crippen LogP contribution in [0.4, 0.5) is 10.5 Å². The standard InChI is InChI=1S/C18H20N6O2/c1-14-20-21-22-24(14)16-8-6-7-15(13-16)19-18(25)23(2)11-12-26-17-9-4-3-5-10-17/h3-10,13H,11-12H2,1-2H3,(H,19,25). The second-order valence-corrected chi connectivity index (χ2v) is 5.70. The molecule has 0 atom stereocenters. The number of likely N-dealkylation sites (N-methyl/N-ethyl adjacent to an activating group) is 1. The average Bonchev–Trinajstić information content (AvgIpc) is 3.08. The first-order valence-electron chi connectivity index (χ1n) is 8.19. The summed E-state index contributed by atoms with van der Waals surface area (Å²) in [6, 6.07) is 16.6. The second kappa shape index (κ2) is 8.11. The van der Waals surface area contributed by atoms with Crippen LogP contribution in [0.25, 0.3) is 5.69 Å². The SMILES string of the molecule is Cc1nnnn1-c1cccc(NC(=O)N(C)CCOc2ccccc2)c1. The number of nitrogens with one attached hydrogen (secondary N) is 1. The van der Waals surface area contributed by atoms with Crippen LogP contribution >= 0.6 is 0 Å². The fourth-order valence-electron chi connectivity index (χ4n) is 2.32. The molecule has 0 radical (unpaired) electrons. The Kier molecular flexibility index (Phi) is 5.43. The Bertz CT molecular complexity index is 865. The Morgan fingerprint density at radius 1 is 1.19 bits per heavy atom. The van der Waals surface area contributed by atoms with Crippen molar-refractivity contribution in [1.29, 1.82) is 0 Å². The Morgan fingerprint density at radius 3 is 2.73 bits per heavy atom. The van der Waals surface area contributed by atoms with Crippen molar-refractivity contribution in [1.82, 2.24) is 25.1 Å². The third-order valence-electron chi connectivity index (χ3n) is 3.75. The summed E-state index contributed by atoms with van der Waals surface area (Å²) >= 11 is 0. The fraction of sp³-hybridized carbons (Fsp3) is 0.222. The van der Waals surface area contributed by atoms with Crippen LogP contribution in [0, 0.1) is 6.92 Å². The van der Waals surface area contributed by atoms with E-state index >= 15 is 0 Å². The summed E-state index contributed by atoms with van der Waals surface area (Å²) in [5, 5.41) is 14.3. The monoisotopic (exact) mass is 352 g/mol. The van der Waals surface area contributed by atoms with Gasteiger partial charge in [-0.3, -0.25) is 0 Å². The van der Waals surface area contributed by atoms with E-state index in [0.717, 1.165) is 11.4 Å². The third-order valence-corrected chi connectivity index (χ3v) is 3.75. The molecule has 0 aliphatic carbocycles. The fourth-order valence-corrected chi connectivity index (χ4v) is 2.32. The number of amides is 2. The van der Waals surface area contributed by atoms with Gasteiger partial charge >= 0.3 is 6.03 Å². The highest BCUT2D eigenvalue weighted by Gasteiger charge is 2.10. The molecule has 1 heterocycles. The van der Waals surface area contributed by atoms with Crippen molar-refractivity contribution < 1.29 is 9.53 Å². The van der Waals surface area contributed by atoms with Gasteiger partial charge in [0.1, 0.15) is 12.4 Å². The highest BCUT2D eigenvalue weighted by molar-refractivity contribution is 5.89. The number of hydrogen-bond donors (Lipinski definition) is 1. The molecule has 0 fully saturated rings. The summed E-state index contributed by atoms with van der Waals surface area (Å²) < 4.78 is 7.22. The van der Waals surface area contributed by atoms with Gasteiger partial charge in [0.15, 0.2) is 5.82 Å². The molecule has 0 saturated heterocycles. The summed E-state index contributed by atoms with van der Waals surface area (Å²) in [5.41, 5.74) is 1.44. The van der Waals surface area contributed by atoms with Crippen LogP contribution in [0.15, 0.2) is 54.6 Å². The molecular weight excluding hydrogens is 332 g/mol. The molecule has 3 aromatic rings. The van der Waals surface area contributed by atoms with Gasteiger partial charge in [0, 0.05) is 12.7 Å². The van der Waals surface area contributed by atoms with E-state index in [4.69, 9.17) is 4.74 Å². The molecule has 0 unspecified atom stereocenters. The molecule has 0 bridgehead atoms. The van der Waals surface area contributed by atoms with Gasteiger partial charge in [-0.1, -0.05) is 24.3 Å². The van der Waals surface area contributed by atoms with Crippen molar-refractivity contribution in [2.75, 3.05) is 25.5 Å². The minimum atomic E-state index is -0.216. The summed E-state index contributed by atoms with van der Waals surface area (Å²) in [6.07, 6.45) is 0. The number of benzene rings is 2. The van der Waals surface area contributed by atoms with Gasteiger partial charge in [0.25, 0.3) is 0 Å². The highest BCUT2D eigenvalue weighted by Crippen LogP contribution is 2.15. The minimum absolute atomic E-state index is 0.216. The highest BCUT2D eigenvalue weighted by atomic mass is 16.5. The molecule has 1 aromatic heterocycles. The van der Waals surface area contributed by atoms with Gasteiger partial charge in [-0.15, -0.1) is 5.10 Å². The van der Waals surface area contributed by atoms with E-state index in [1.807, 2.05) is 61.5 Å². The molecule has 3 rings (SSSR count). The number of carbonyl (C=O) groups excluding carboxylic acids is 1. The number of carbonyl (C=O) groups is 1. The number of tetrazole rings is 1. The minimum Gasteiger partial charge on any atom is -0.492 e. The third kappa shape index (κ3) is 4.35. The Hall–Kier alpha value is -3.42. The first kappa shape index (κ1) is 17.4. The summed E-state index contributed by atoms with van der Waals surface area (Å²) in [7, 11) is 1.72. The van der Waals surface area contributed by atoms with Crippen LogP contribution < -0.4 is 10.1 Å². The molecule has 0 aliphatic rings. The normalized spacial score (nSPS) is 10.4. The number of nitrogens with zero attached hydrogens (tertiary/aromatic N) is 5. The van der Waals surface area contributed by atoms with Crippen molar-refractivity contribution >= 4 is 11.7 Å². The molecule has 0 aliphatic heterocycles. The molecule has 1 N–H and O–H groups in total.